The van der Waals surface area contributed by atoms with Gasteiger partial charge in [-0.05, 0) is 13.3 Å². The van der Waals surface area contributed by atoms with Crippen molar-refractivity contribution in [2.45, 2.75) is 26.9 Å². The second-order valence-corrected chi connectivity index (χ2v) is 4.02. The molecule has 0 aliphatic carbocycles. The van der Waals surface area contributed by atoms with Gasteiger partial charge < -0.3 is 20.2 Å². The van der Waals surface area contributed by atoms with Crippen LogP contribution in [0.25, 0.3) is 0 Å². The second kappa shape index (κ2) is 8.63. The molecule has 0 aliphatic rings. The third-order valence-electron chi connectivity index (χ3n) is 2.53. The molecule has 1 heterocycles. The minimum atomic E-state index is 0.0795. The van der Waals surface area contributed by atoms with E-state index in [1.807, 2.05) is 11.8 Å². The third kappa shape index (κ3) is 4.98. The predicted molar refractivity (Wildman–Crippen MR) is 74.8 cm³/mol. The standard InChI is InChI=1S/C12H23N5O2/c1-3-5-17(6-7-18)12-8-10(16-13)14-11(15-12)9-19-4-2/h8,18H,3-7,9,13H2,1-2H3,(H,14,15,16). The van der Waals surface area contributed by atoms with Crippen LogP contribution in [-0.4, -0.2) is 41.4 Å². The maximum absolute atomic E-state index is 9.11. The number of nitrogens with one attached hydrogen (secondary N) is 1. The maximum atomic E-state index is 9.11. The zero-order chi connectivity index (χ0) is 14.1. The monoisotopic (exact) mass is 269 g/mol. The van der Waals surface area contributed by atoms with Crippen LogP contribution < -0.4 is 16.2 Å². The Bertz CT molecular complexity index is 369. The first kappa shape index (κ1) is 15.6. The Morgan fingerprint density at radius 3 is 2.74 bits per heavy atom. The number of ether oxygens (including phenoxy) is 1. The van der Waals surface area contributed by atoms with Gasteiger partial charge in [0.25, 0.3) is 0 Å². The number of nitrogen functional groups attached to an aromatic ring is 1. The van der Waals surface area contributed by atoms with Crippen LogP contribution in [-0.2, 0) is 11.3 Å². The van der Waals surface area contributed by atoms with Gasteiger partial charge in [-0.1, -0.05) is 6.92 Å². The molecule has 1 aromatic heterocycles. The highest BCUT2D eigenvalue weighted by Gasteiger charge is 2.10. The average Bonchev–Trinajstić information content (AvgIpc) is 2.44. The Morgan fingerprint density at radius 1 is 1.37 bits per heavy atom. The van der Waals surface area contributed by atoms with Gasteiger partial charge in [-0.2, -0.15) is 0 Å². The van der Waals surface area contributed by atoms with Crippen molar-refractivity contribution in [3.63, 3.8) is 0 Å². The molecule has 0 spiro atoms. The van der Waals surface area contributed by atoms with Crippen molar-refractivity contribution < 1.29 is 9.84 Å². The molecule has 0 atom stereocenters. The first-order valence-electron chi connectivity index (χ1n) is 6.53. The molecule has 0 radical (unpaired) electrons. The summed E-state index contributed by atoms with van der Waals surface area (Å²) in [6.07, 6.45) is 0.968. The number of anilines is 2. The van der Waals surface area contributed by atoms with E-state index >= 15 is 0 Å². The van der Waals surface area contributed by atoms with Gasteiger partial charge in [0.2, 0.25) is 0 Å². The second-order valence-electron chi connectivity index (χ2n) is 4.02. The molecule has 1 rings (SSSR count). The van der Waals surface area contributed by atoms with E-state index < -0.39 is 0 Å². The first-order chi connectivity index (χ1) is 9.24. The highest BCUT2D eigenvalue weighted by Crippen LogP contribution is 2.16. The maximum Gasteiger partial charge on any atom is 0.158 e. The molecule has 108 valence electrons. The summed E-state index contributed by atoms with van der Waals surface area (Å²) in [6.45, 7) is 6.37. The molecule has 1 aromatic rings. The van der Waals surface area contributed by atoms with Gasteiger partial charge >= 0.3 is 0 Å². The molecule has 0 saturated heterocycles. The molecule has 19 heavy (non-hydrogen) atoms. The SMILES string of the molecule is CCCN(CCO)c1cc(NN)nc(COCC)n1. The fraction of sp³-hybridized carbons (Fsp3) is 0.667. The summed E-state index contributed by atoms with van der Waals surface area (Å²) >= 11 is 0. The van der Waals surface area contributed by atoms with Gasteiger partial charge in [0.1, 0.15) is 18.2 Å². The van der Waals surface area contributed by atoms with Crippen molar-refractivity contribution in [3.8, 4) is 0 Å². The number of nitrogens with two attached hydrogens (primary N) is 1. The zero-order valence-corrected chi connectivity index (χ0v) is 11.6. The summed E-state index contributed by atoms with van der Waals surface area (Å²) in [5.41, 5.74) is 2.53. The van der Waals surface area contributed by atoms with Crippen molar-refractivity contribution in [3.05, 3.63) is 11.9 Å². The fourth-order valence-corrected chi connectivity index (χ4v) is 1.71. The lowest BCUT2D eigenvalue weighted by Gasteiger charge is -2.23. The van der Waals surface area contributed by atoms with Crippen LogP contribution in [0.3, 0.4) is 0 Å². The Labute approximate surface area is 113 Å². The van der Waals surface area contributed by atoms with Crippen LogP contribution in [0.2, 0.25) is 0 Å². The highest BCUT2D eigenvalue weighted by atomic mass is 16.5. The number of rotatable bonds is 9. The molecule has 0 fully saturated rings. The third-order valence-corrected chi connectivity index (χ3v) is 2.53. The molecule has 0 bridgehead atoms. The first-order valence-corrected chi connectivity index (χ1v) is 6.53. The summed E-state index contributed by atoms with van der Waals surface area (Å²) < 4.78 is 5.31. The Hall–Kier alpha value is -1.44. The number of nitrogens with zero attached hydrogens (tertiary/aromatic N) is 3. The molecule has 7 heteroatoms. The van der Waals surface area contributed by atoms with Gasteiger partial charge in [0, 0.05) is 25.8 Å². The molecular formula is C12H23N5O2. The predicted octanol–water partition coefficient (Wildman–Crippen LogP) is 0.507. The van der Waals surface area contributed by atoms with E-state index in [4.69, 9.17) is 15.7 Å². The summed E-state index contributed by atoms with van der Waals surface area (Å²) in [4.78, 5) is 10.7. The molecular weight excluding hydrogens is 246 g/mol. The normalized spacial score (nSPS) is 10.5. The van der Waals surface area contributed by atoms with Crippen molar-refractivity contribution in [1.29, 1.82) is 0 Å². The summed E-state index contributed by atoms with van der Waals surface area (Å²) in [5, 5.41) is 9.11. The van der Waals surface area contributed by atoms with Crippen LogP contribution in [0.15, 0.2) is 6.07 Å². The molecule has 0 saturated carbocycles. The highest BCUT2D eigenvalue weighted by molar-refractivity contribution is 5.48. The number of aliphatic hydroxyl groups excluding tert-OH is 1. The van der Waals surface area contributed by atoms with E-state index in [9.17, 15) is 0 Å². The number of aromatic nitrogens is 2. The minimum absolute atomic E-state index is 0.0795. The van der Waals surface area contributed by atoms with E-state index in [0.717, 1.165) is 18.8 Å². The van der Waals surface area contributed by atoms with E-state index in [1.54, 1.807) is 6.07 Å². The fourth-order valence-electron chi connectivity index (χ4n) is 1.71. The van der Waals surface area contributed by atoms with Gasteiger partial charge in [-0.3, -0.25) is 0 Å². The van der Waals surface area contributed by atoms with Crippen molar-refractivity contribution in [2.75, 3.05) is 36.6 Å². The zero-order valence-electron chi connectivity index (χ0n) is 11.6. The number of hydrogen-bond donors (Lipinski definition) is 3. The molecule has 0 aliphatic heterocycles. The number of hydrazine groups is 1. The Morgan fingerprint density at radius 2 is 2.16 bits per heavy atom. The van der Waals surface area contributed by atoms with Crippen LogP contribution >= 0.6 is 0 Å². The largest absolute Gasteiger partial charge is 0.395 e. The number of aliphatic hydroxyl groups is 1. The van der Waals surface area contributed by atoms with Gasteiger partial charge in [-0.25, -0.2) is 15.8 Å². The van der Waals surface area contributed by atoms with Crippen molar-refractivity contribution in [2.24, 2.45) is 5.84 Å². The smallest absolute Gasteiger partial charge is 0.158 e. The molecule has 7 nitrogen and oxygen atoms in total. The van der Waals surface area contributed by atoms with Gasteiger partial charge in [-0.15, -0.1) is 0 Å². The van der Waals surface area contributed by atoms with Gasteiger partial charge in [0.15, 0.2) is 5.82 Å². The molecule has 4 N–H and O–H groups in total. The van der Waals surface area contributed by atoms with Crippen LogP contribution in [0, 0.1) is 0 Å². The lowest BCUT2D eigenvalue weighted by atomic mass is 10.3. The molecule has 0 amide bonds. The molecule has 0 unspecified atom stereocenters. The van der Waals surface area contributed by atoms with Crippen LogP contribution in [0.5, 0.6) is 0 Å². The summed E-state index contributed by atoms with van der Waals surface area (Å²) in [6, 6.07) is 1.76. The van der Waals surface area contributed by atoms with Gasteiger partial charge in [0.05, 0.1) is 6.61 Å². The van der Waals surface area contributed by atoms with E-state index in [0.29, 0.717) is 31.4 Å². The van der Waals surface area contributed by atoms with Crippen LogP contribution in [0.4, 0.5) is 11.6 Å². The summed E-state index contributed by atoms with van der Waals surface area (Å²) in [5.74, 6) is 7.28. The lowest BCUT2D eigenvalue weighted by Crippen LogP contribution is -2.29. The Kier molecular flexibility index (Phi) is 7.09. The lowest BCUT2D eigenvalue weighted by molar-refractivity contribution is 0.128. The minimum Gasteiger partial charge on any atom is -0.395 e. The Balaban J connectivity index is 2.95. The summed E-state index contributed by atoms with van der Waals surface area (Å²) in [7, 11) is 0. The van der Waals surface area contributed by atoms with Crippen LogP contribution in [0.1, 0.15) is 26.1 Å². The van der Waals surface area contributed by atoms with Crippen molar-refractivity contribution >= 4 is 11.6 Å². The van der Waals surface area contributed by atoms with E-state index in [2.05, 4.69) is 22.3 Å². The number of hydrogen-bond acceptors (Lipinski definition) is 7. The topological polar surface area (TPSA) is 96.5 Å². The van der Waals surface area contributed by atoms with Crippen molar-refractivity contribution in [1.82, 2.24) is 9.97 Å². The average molecular weight is 269 g/mol. The van der Waals surface area contributed by atoms with E-state index in [-0.39, 0.29) is 6.61 Å². The molecule has 0 aromatic carbocycles. The van der Waals surface area contributed by atoms with E-state index in [1.165, 1.54) is 0 Å². The quantitative estimate of drug-likeness (QED) is 0.444.